The maximum atomic E-state index is 11.2. The van der Waals surface area contributed by atoms with Crippen molar-refractivity contribution in [2.45, 2.75) is 38.7 Å². The van der Waals surface area contributed by atoms with Crippen molar-refractivity contribution < 1.29 is 9.90 Å². The average molecular weight is 142 g/mol. The van der Waals surface area contributed by atoms with Gasteiger partial charge < -0.3 is 5.11 Å². The summed E-state index contributed by atoms with van der Waals surface area (Å²) in [5.74, 6) is 0.0718. The highest BCUT2D eigenvalue weighted by Gasteiger charge is 2.36. The molecule has 1 N–H and O–H groups in total. The molecule has 58 valence electrons. The van der Waals surface area contributed by atoms with E-state index in [-0.39, 0.29) is 11.7 Å². The Bertz CT molecular complexity index is 149. The summed E-state index contributed by atoms with van der Waals surface area (Å²) in [7, 11) is 0. The molecule has 0 saturated heterocycles. The summed E-state index contributed by atoms with van der Waals surface area (Å²) < 4.78 is 0. The van der Waals surface area contributed by atoms with Crippen molar-refractivity contribution in [2.24, 2.45) is 5.92 Å². The largest absolute Gasteiger partial charge is 0.382 e. The fraction of sp³-hybridized carbons (Fsp3) is 0.875. The van der Waals surface area contributed by atoms with Crippen LogP contribution in [0.15, 0.2) is 0 Å². The van der Waals surface area contributed by atoms with Crippen molar-refractivity contribution in [1.29, 1.82) is 0 Å². The van der Waals surface area contributed by atoms with Crippen molar-refractivity contribution in [3.8, 4) is 0 Å². The Morgan fingerprint density at radius 2 is 2.30 bits per heavy atom. The lowest BCUT2D eigenvalue weighted by atomic mass is 9.79. The fourth-order valence-electron chi connectivity index (χ4n) is 1.54. The number of hydrogen-bond acceptors (Lipinski definition) is 2. The maximum absolute atomic E-state index is 11.2. The first kappa shape index (κ1) is 7.73. The second-order valence-corrected chi connectivity index (χ2v) is 3.43. The molecule has 0 amide bonds. The van der Waals surface area contributed by atoms with Gasteiger partial charge in [0.05, 0.1) is 0 Å². The van der Waals surface area contributed by atoms with Gasteiger partial charge in [0.15, 0.2) is 5.78 Å². The molecule has 0 unspecified atom stereocenters. The molecule has 0 heterocycles. The van der Waals surface area contributed by atoms with E-state index < -0.39 is 5.60 Å². The number of carbonyl (C=O) groups excluding carboxylic acids is 1. The second kappa shape index (κ2) is 2.35. The van der Waals surface area contributed by atoms with Crippen LogP contribution in [0.2, 0.25) is 0 Å². The van der Waals surface area contributed by atoms with Gasteiger partial charge in [0.2, 0.25) is 0 Å². The molecule has 0 aliphatic heterocycles. The summed E-state index contributed by atoms with van der Waals surface area (Å²) in [6.45, 7) is 3.50. The van der Waals surface area contributed by atoms with Crippen LogP contribution in [-0.4, -0.2) is 16.5 Å². The highest BCUT2D eigenvalue weighted by atomic mass is 16.3. The summed E-state index contributed by atoms with van der Waals surface area (Å²) >= 11 is 0. The van der Waals surface area contributed by atoms with E-state index in [4.69, 9.17) is 0 Å². The molecule has 10 heavy (non-hydrogen) atoms. The van der Waals surface area contributed by atoms with Crippen LogP contribution in [0.5, 0.6) is 0 Å². The van der Waals surface area contributed by atoms with E-state index >= 15 is 0 Å². The van der Waals surface area contributed by atoms with Gasteiger partial charge in [-0.05, 0) is 26.2 Å². The van der Waals surface area contributed by atoms with Crippen LogP contribution in [0, 0.1) is 5.92 Å². The predicted molar refractivity (Wildman–Crippen MR) is 38.6 cm³/mol. The van der Waals surface area contributed by atoms with E-state index in [1.54, 1.807) is 6.92 Å². The van der Waals surface area contributed by atoms with Crippen LogP contribution in [0.1, 0.15) is 33.1 Å². The summed E-state index contributed by atoms with van der Waals surface area (Å²) in [5.41, 5.74) is -1.03. The Hall–Kier alpha value is -0.370. The van der Waals surface area contributed by atoms with Gasteiger partial charge in [-0.3, -0.25) is 4.79 Å². The molecule has 0 aromatic rings. The van der Waals surface area contributed by atoms with Crippen molar-refractivity contribution in [1.82, 2.24) is 0 Å². The third-order valence-electron chi connectivity index (χ3n) is 2.28. The third-order valence-corrected chi connectivity index (χ3v) is 2.28. The topological polar surface area (TPSA) is 37.3 Å². The van der Waals surface area contributed by atoms with Crippen LogP contribution >= 0.6 is 0 Å². The number of carbonyl (C=O) groups is 1. The van der Waals surface area contributed by atoms with Gasteiger partial charge in [0, 0.05) is 5.92 Å². The molecule has 0 aromatic heterocycles. The molecular formula is C8H14O2. The number of Topliss-reactive ketones (excluding diaryl/α,β-unsaturated/α-hetero) is 1. The zero-order valence-electron chi connectivity index (χ0n) is 6.55. The number of rotatable bonds is 0. The van der Waals surface area contributed by atoms with E-state index in [1.165, 1.54) is 0 Å². The molecule has 2 heteroatoms. The highest BCUT2D eigenvalue weighted by Crippen LogP contribution is 2.27. The van der Waals surface area contributed by atoms with E-state index in [9.17, 15) is 9.90 Å². The Morgan fingerprint density at radius 1 is 1.70 bits per heavy atom. The highest BCUT2D eigenvalue weighted by molar-refractivity contribution is 5.89. The zero-order valence-corrected chi connectivity index (χ0v) is 6.55. The molecule has 0 radical (unpaired) electrons. The molecule has 2 atom stereocenters. The minimum atomic E-state index is -1.03. The molecule has 1 saturated carbocycles. The molecule has 1 aliphatic carbocycles. The first-order valence-electron chi connectivity index (χ1n) is 3.81. The minimum absolute atomic E-state index is 0.0127. The Balaban J connectivity index is 2.70. The van der Waals surface area contributed by atoms with E-state index in [1.807, 2.05) is 6.92 Å². The lowest BCUT2D eigenvalue weighted by molar-refractivity contribution is -0.143. The number of hydrogen-bond donors (Lipinski definition) is 1. The molecule has 1 fully saturated rings. The molecule has 1 aliphatic rings. The van der Waals surface area contributed by atoms with Crippen LogP contribution < -0.4 is 0 Å². The predicted octanol–water partition coefficient (Wildman–Crippen LogP) is 1.13. The zero-order chi connectivity index (χ0) is 7.78. The SMILES string of the molecule is C[C@@H]1CCC[C@@](C)(O)C1=O. The van der Waals surface area contributed by atoms with Gasteiger partial charge in [-0.25, -0.2) is 0 Å². The van der Waals surface area contributed by atoms with E-state index in [0.29, 0.717) is 6.42 Å². The first-order chi connectivity index (χ1) is 4.54. The monoisotopic (exact) mass is 142 g/mol. The van der Waals surface area contributed by atoms with Crippen molar-refractivity contribution >= 4 is 5.78 Å². The van der Waals surface area contributed by atoms with E-state index in [2.05, 4.69) is 0 Å². The van der Waals surface area contributed by atoms with Crippen molar-refractivity contribution in [3.05, 3.63) is 0 Å². The smallest absolute Gasteiger partial charge is 0.166 e. The van der Waals surface area contributed by atoms with Gasteiger partial charge in [-0.15, -0.1) is 0 Å². The summed E-state index contributed by atoms with van der Waals surface area (Å²) in [4.78, 5) is 11.2. The molecule has 2 nitrogen and oxygen atoms in total. The van der Waals surface area contributed by atoms with Crippen LogP contribution in [0.4, 0.5) is 0 Å². The van der Waals surface area contributed by atoms with Crippen molar-refractivity contribution in [3.63, 3.8) is 0 Å². The van der Waals surface area contributed by atoms with Gasteiger partial charge in [0.25, 0.3) is 0 Å². The minimum Gasteiger partial charge on any atom is -0.382 e. The van der Waals surface area contributed by atoms with Crippen LogP contribution in [0.25, 0.3) is 0 Å². The summed E-state index contributed by atoms with van der Waals surface area (Å²) in [6, 6.07) is 0. The standard InChI is InChI=1S/C8H14O2/c1-6-4-3-5-8(2,10)7(6)9/h6,10H,3-5H2,1-2H3/t6-,8-/m1/s1. The molecular weight excluding hydrogens is 128 g/mol. The molecule has 0 bridgehead atoms. The quantitative estimate of drug-likeness (QED) is 0.550. The molecule has 1 rings (SSSR count). The Morgan fingerprint density at radius 3 is 2.70 bits per heavy atom. The van der Waals surface area contributed by atoms with Crippen LogP contribution in [0.3, 0.4) is 0 Å². The lowest BCUT2D eigenvalue weighted by Gasteiger charge is -2.30. The van der Waals surface area contributed by atoms with E-state index in [0.717, 1.165) is 12.8 Å². The Kier molecular flexibility index (Phi) is 1.82. The van der Waals surface area contributed by atoms with Gasteiger partial charge >= 0.3 is 0 Å². The number of ketones is 1. The van der Waals surface area contributed by atoms with Gasteiger partial charge in [-0.2, -0.15) is 0 Å². The first-order valence-corrected chi connectivity index (χ1v) is 3.81. The lowest BCUT2D eigenvalue weighted by Crippen LogP contribution is -2.42. The maximum Gasteiger partial charge on any atom is 0.166 e. The summed E-state index contributed by atoms with van der Waals surface area (Å²) in [5, 5.41) is 9.46. The van der Waals surface area contributed by atoms with Crippen molar-refractivity contribution in [2.75, 3.05) is 0 Å². The Labute approximate surface area is 61.2 Å². The summed E-state index contributed by atoms with van der Waals surface area (Å²) in [6.07, 6.45) is 2.55. The number of aliphatic hydroxyl groups is 1. The molecule has 0 aromatic carbocycles. The van der Waals surface area contributed by atoms with Crippen LogP contribution in [-0.2, 0) is 4.79 Å². The van der Waals surface area contributed by atoms with Gasteiger partial charge in [0.1, 0.15) is 5.60 Å². The average Bonchev–Trinajstić information content (AvgIpc) is 1.83. The van der Waals surface area contributed by atoms with Gasteiger partial charge in [-0.1, -0.05) is 6.92 Å². The second-order valence-electron chi connectivity index (χ2n) is 3.43. The fourth-order valence-corrected chi connectivity index (χ4v) is 1.54. The molecule has 0 spiro atoms. The third kappa shape index (κ3) is 1.21. The normalized spacial score (nSPS) is 41.9.